The molecule has 0 atom stereocenters. The fourth-order valence-corrected chi connectivity index (χ4v) is 2.55. The minimum absolute atomic E-state index is 0.112. The Hall–Kier alpha value is -2.20. The number of rotatable bonds is 2. The Bertz CT molecular complexity index is 809. The van der Waals surface area contributed by atoms with Gasteiger partial charge in [-0.3, -0.25) is 9.78 Å². The third-order valence-corrected chi connectivity index (χ3v) is 3.63. The van der Waals surface area contributed by atoms with E-state index in [0.29, 0.717) is 22.3 Å². The van der Waals surface area contributed by atoms with Gasteiger partial charge in [0, 0.05) is 32.9 Å². The molecular weight excluding hydrogens is 316 g/mol. The Morgan fingerprint density at radius 2 is 1.85 bits per heavy atom. The molecule has 0 radical (unpaired) electrons. The van der Waals surface area contributed by atoms with E-state index in [1.807, 2.05) is 30.3 Å². The molecule has 1 heterocycles. The molecule has 0 saturated carbocycles. The molecule has 2 aromatic carbocycles. The number of para-hydroxylation sites is 1. The van der Waals surface area contributed by atoms with Gasteiger partial charge in [0.05, 0.1) is 5.52 Å². The average molecular weight is 327 g/mol. The largest absolute Gasteiger partial charge is 0.398 e. The van der Waals surface area contributed by atoms with Crippen molar-refractivity contribution < 1.29 is 4.79 Å². The second-order valence-corrected chi connectivity index (χ2v) is 5.36. The van der Waals surface area contributed by atoms with Crippen molar-refractivity contribution in [2.75, 3.05) is 5.73 Å². The van der Waals surface area contributed by atoms with Crippen LogP contribution in [0.15, 0.2) is 59.2 Å². The number of carbonyl (C=O) groups excluding carboxylic acids is 1. The maximum atomic E-state index is 12.7. The van der Waals surface area contributed by atoms with Crippen molar-refractivity contribution >= 4 is 38.3 Å². The zero-order valence-electron chi connectivity index (χ0n) is 10.5. The van der Waals surface area contributed by atoms with Crippen molar-refractivity contribution in [2.45, 2.75) is 0 Å². The number of anilines is 1. The lowest BCUT2D eigenvalue weighted by Gasteiger charge is -2.07. The highest BCUT2D eigenvalue weighted by molar-refractivity contribution is 9.10. The van der Waals surface area contributed by atoms with E-state index in [2.05, 4.69) is 20.9 Å². The van der Waals surface area contributed by atoms with Crippen molar-refractivity contribution in [3.63, 3.8) is 0 Å². The van der Waals surface area contributed by atoms with Gasteiger partial charge in [-0.05, 0) is 30.3 Å². The van der Waals surface area contributed by atoms with E-state index in [1.165, 1.54) is 0 Å². The topological polar surface area (TPSA) is 56.0 Å². The molecule has 0 fully saturated rings. The van der Waals surface area contributed by atoms with Crippen molar-refractivity contribution in [3.8, 4) is 0 Å². The van der Waals surface area contributed by atoms with E-state index in [0.717, 1.165) is 9.86 Å². The average Bonchev–Trinajstić information content (AvgIpc) is 2.46. The number of halogens is 1. The number of nitrogen functional groups attached to an aromatic ring is 1. The van der Waals surface area contributed by atoms with Crippen LogP contribution < -0.4 is 5.73 Å². The Morgan fingerprint density at radius 1 is 1.05 bits per heavy atom. The molecule has 0 amide bonds. The number of nitrogens with two attached hydrogens (primary N) is 1. The van der Waals surface area contributed by atoms with Gasteiger partial charge in [-0.25, -0.2) is 0 Å². The predicted octanol–water partition coefficient (Wildman–Crippen LogP) is 3.81. The van der Waals surface area contributed by atoms with Crippen LogP contribution in [0, 0.1) is 0 Å². The molecule has 0 aliphatic carbocycles. The number of aromatic nitrogens is 1. The van der Waals surface area contributed by atoms with Crippen LogP contribution in [-0.2, 0) is 0 Å². The highest BCUT2D eigenvalue weighted by Crippen LogP contribution is 2.24. The number of ketones is 1. The van der Waals surface area contributed by atoms with Gasteiger partial charge in [0.1, 0.15) is 0 Å². The van der Waals surface area contributed by atoms with Crippen LogP contribution in [0.1, 0.15) is 15.9 Å². The quantitative estimate of drug-likeness (QED) is 0.575. The van der Waals surface area contributed by atoms with Crippen LogP contribution in [0.4, 0.5) is 5.69 Å². The van der Waals surface area contributed by atoms with Crippen LogP contribution in [0.3, 0.4) is 0 Å². The molecule has 3 rings (SSSR count). The van der Waals surface area contributed by atoms with Crippen LogP contribution in [0.25, 0.3) is 10.9 Å². The number of carbonyl (C=O) groups is 1. The lowest BCUT2D eigenvalue weighted by Crippen LogP contribution is -2.06. The summed E-state index contributed by atoms with van der Waals surface area (Å²) in [5.74, 6) is -0.112. The molecule has 2 N–H and O–H groups in total. The van der Waals surface area contributed by atoms with Crippen molar-refractivity contribution in [1.82, 2.24) is 4.98 Å². The minimum Gasteiger partial charge on any atom is -0.398 e. The first kappa shape index (κ1) is 12.8. The lowest BCUT2D eigenvalue weighted by molar-refractivity contribution is 0.104. The Balaban J connectivity index is 2.18. The van der Waals surface area contributed by atoms with Gasteiger partial charge in [0.25, 0.3) is 0 Å². The summed E-state index contributed by atoms with van der Waals surface area (Å²) in [6, 6.07) is 14.6. The first-order chi connectivity index (χ1) is 9.66. The summed E-state index contributed by atoms with van der Waals surface area (Å²) in [6.07, 6.45) is 1.68. The highest BCUT2D eigenvalue weighted by Gasteiger charge is 2.15. The fourth-order valence-electron chi connectivity index (χ4n) is 2.17. The van der Waals surface area contributed by atoms with E-state index in [1.54, 1.807) is 24.4 Å². The predicted molar refractivity (Wildman–Crippen MR) is 83.7 cm³/mol. The van der Waals surface area contributed by atoms with Crippen LogP contribution in [0.2, 0.25) is 0 Å². The Morgan fingerprint density at radius 3 is 2.65 bits per heavy atom. The van der Waals surface area contributed by atoms with Gasteiger partial charge in [-0.15, -0.1) is 0 Å². The SMILES string of the molecule is Nc1cc(Br)ccc1C(=O)c1cccc2cccnc12. The Labute approximate surface area is 124 Å². The molecule has 20 heavy (non-hydrogen) atoms. The second-order valence-electron chi connectivity index (χ2n) is 4.44. The van der Waals surface area contributed by atoms with Gasteiger partial charge >= 0.3 is 0 Å². The molecule has 98 valence electrons. The first-order valence-electron chi connectivity index (χ1n) is 6.10. The van der Waals surface area contributed by atoms with Crippen molar-refractivity contribution in [1.29, 1.82) is 0 Å². The number of hydrogen-bond acceptors (Lipinski definition) is 3. The molecular formula is C16H11BrN2O. The van der Waals surface area contributed by atoms with E-state index in [-0.39, 0.29) is 5.78 Å². The van der Waals surface area contributed by atoms with Gasteiger partial charge in [-0.2, -0.15) is 0 Å². The first-order valence-corrected chi connectivity index (χ1v) is 6.89. The maximum Gasteiger partial charge on any atom is 0.197 e. The summed E-state index contributed by atoms with van der Waals surface area (Å²) in [4.78, 5) is 17.0. The van der Waals surface area contributed by atoms with E-state index < -0.39 is 0 Å². The summed E-state index contributed by atoms with van der Waals surface area (Å²) in [5.41, 5.74) is 8.14. The summed E-state index contributed by atoms with van der Waals surface area (Å²) < 4.78 is 0.850. The summed E-state index contributed by atoms with van der Waals surface area (Å²) in [6.45, 7) is 0. The number of nitrogens with zero attached hydrogens (tertiary/aromatic N) is 1. The van der Waals surface area contributed by atoms with Crippen LogP contribution in [0.5, 0.6) is 0 Å². The molecule has 0 unspecified atom stereocenters. The third-order valence-electron chi connectivity index (χ3n) is 3.14. The van der Waals surface area contributed by atoms with Crippen molar-refractivity contribution in [3.05, 3.63) is 70.3 Å². The molecule has 3 nitrogen and oxygen atoms in total. The number of fused-ring (bicyclic) bond motifs is 1. The molecule has 0 bridgehead atoms. The van der Waals surface area contributed by atoms with Gasteiger partial charge in [0.15, 0.2) is 5.78 Å². The van der Waals surface area contributed by atoms with E-state index in [4.69, 9.17) is 5.73 Å². The molecule has 0 spiro atoms. The lowest BCUT2D eigenvalue weighted by atomic mass is 9.99. The van der Waals surface area contributed by atoms with Crippen LogP contribution >= 0.6 is 15.9 Å². The van der Waals surface area contributed by atoms with Gasteiger partial charge in [0.2, 0.25) is 0 Å². The summed E-state index contributed by atoms with van der Waals surface area (Å²) >= 11 is 3.34. The molecule has 4 heteroatoms. The summed E-state index contributed by atoms with van der Waals surface area (Å²) in [7, 11) is 0. The highest BCUT2D eigenvalue weighted by atomic mass is 79.9. The second kappa shape index (κ2) is 5.06. The van der Waals surface area contributed by atoms with E-state index >= 15 is 0 Å². The third kappa shape index (κ3) is 2.18. The van der Waals surface area contributed by atoms with Crippen molar-refractivity contribution in [2.24, 2.45) is 0 Å². The zero-order valence-corrected chi connectivity index (χ0v) is 12.1. The molecule has 1 aromatic heterocycles. The fraction of sp³-hybridized carbons (Fsp3) is 0. The number of pyridine rings is 1. The smallest absolute Gasteiger partial charge is 0.197 e. The maximum absolute atomic E-state index is 12.7. The molecule has 0 aliphatic heterocycles. The normalized spacial score (nSPS) is 10.7. The zero-order chi connectivity index (χ0) is 14.1. The molecule has 0 saturated heterocycles. The molecule has 0 aliphatic rings. The molecule has 3 aromatic rings. The van der Waals surface area contributed by atoms with Gasteiger partial charge in [-0.1, -0.05) is 34.1 Å². The summed E-state index contributed by atoms with van der Waals surface area (Å²) in [5, 5.41) is 0.939. The van der Waals surface area contributed by atoms with E-state index in [9.17, 15) is 4.79 Å². The number of hydrogen-bond donors (Lipinski definition) is 1. The standard InChI is InChI=1S/C16H11BrN2O/c17-11-6-7-12(14(18)9-11)16(20)13-5-1-3-10-4-2-8-19-15(10)13/h1-9H,18H2. The van der Waals surface area contributed by atoms with Crippen LogP contribution in [-0.4, -0.2) is 10.8 Å². The number of benzene rings is 2. The van der Waals surface area contributed by atoms with Gasteiger partial charge < -0.3 is 5.73 Å². The Kier molecular flexibility index (Phi) is 3.24. The minimum atomic E-state index is -0.112. The monoisotopic (exact) mass is 326 g/mol.